The quantitative estimate of drug-likeness (QED) is 0.927. The summed E-state index contributed by atoms with van der Waals surface area (Å²) in [6.45, 7) is 0. The lowest BCUT2D eigenvalue weighted by Crippen LogP contribution is -2.32. The molecule has 0 bridgehead atoms. The van der Waals surface area contributed by atoms with Gasteiger partial charge in [-0.2, -0.15) is 4.98 Å². The molecule has 120 valence electrons. The minimum absolute atomic E-state index is 0. The van der Waals surface area contributed by atoms with Gasteiger partial charge >= 0.3 is 6.01 Å². The molecule has 2 heterocycles. The summed E-state index contributed by atoms with van der Waals surface area (Å²) in [5.41, 5.74) is 7.69. The first-order valence-corrected chi connectivity index (χ1v) is 6.97. The van der Waals surface area contributed by atoms with Crippen LogP contribution in [-0.2, 0) is 0 Å². The fraction of sp³-hybridized carbons (Fsp3) is 0.400. The number of rotatable bonds is 3. The number of hydrogen-bond donors (Lipinski definition) is 1. The molecule has 1 aliphatic carbocycles. The molecule has 0 saturated heterocycles. The second kappa shape index (κ2) is 8.88. The van der Waals surface area contributed by atoms with E-state index in [2.05, 4.69) is 15.0 Å². The van der Waals surface area contributed by atoms with Crippen LogP contribution in [0.15, 0.2) is 36.8 Å². The molecule has 0 spiro atoms. The molecule has 0 unspecified atom stereocenters. The Hall–Kier alpha value is -1.43. The van der Waals surface area contributed by atoms with E-state index in [0.29, 0.717) is 12.1 Å². The molecular formula is C15H20Cl2N4O. The third-order valence-corrected chi connectivity index (χ3v) is 3.58. The summed E-state index contributed by atoms with van der Waals surface area (Å²) in [7, 11) is 0. The van der Waals surface area contributed by atoms with E-state index in [1.807, 2.05) is 18.2 Å². The van der Waals surface area contributed by atoms with Crippen LogP contribution >= 0.6 is 24.8 Å². The Morgan fingerprint density at radius 3 is 2.50 bits per heavy atom. The van der Waals surface area contributed by atoms with Gasteiger partial charge in [-0.15, -0.1) is 24.8 Å². The summed E-state index contributed by atoms with van der Waals surface area (Å²) < 4.78 is 5.87. The predicted octanol–water partition coefficient (Wildman–Crippen LogP) is 3.03. The Kier molecular flexibility index (Phi) is 7.51. The largest absolute Gasteiger partial charge is 0.460 e. The number of pyridine rings is 1. The van der Waals surface area contributed by atoms with Crippen molar-refractivity contribution in [3.8, 4) is 17.3 Å². The molecule has 5 nitrogen and oxygen atoms in total. The van der Waals surface area contributed by atoms with Gasteiger partial charge in [0, 0.05) is 30.2 Å². The van der Waals surface area contributed by atoms with Crippen molar-refractivity contribution < 1.29 is 4.74 Å². The minimum Gasteiger partial charge on any atom is -0.460 e. The highest BCUT2D eigenvalue weighted by molar-refractivity contribution is 5.85. The third kappa shape index (κ3) is 4.80. The van der Waals surface area contributed by atoms with Gasteiger partial charge in [-0.1, -0.05) is 0 Å². The van der Waals surface area contributed by atoms with Crippen LogP contribution in [-0.4, -0.2) is 27.1 Å². The Bertz CT molecular complexity index is 562. The molecule has 22 heavy (non-hydrogen) atoms. The average Bonchev–Trinajstić information content (AvgIpc) is 2.51. The highest BCUT2D eigenvalue weighted by Gasteiger charge is 2.20. The summed E-state index contributed by atoms with van der Waals surface area (Å²) in [5.74, 6) is 0. The monoisotopic (exact) mass is 342 g/mol. The van der Waals surface area contributed by atoms with E-state index in [9.17, 15) is 0 Å². The SMILES string of the molecule is Cl.Cl.N[C@H]1CC[C@H](Oc2nccc(-c3cccnc3)n2)CC1. The number of nitrogens with two attached hydrogens (primary N) is 1. The summed E-state index contributed by atoms with van der Waals surface area (Å²) in [6, 6.07) is 6.48. The summed E-state index contributed by atoms with van der Waals surface area (Å²) in [6.07, 6.45) is 9.39. The maximum Gasteiger partial charge on any atom is 0.317 e. The maximum absolute atomic E-state index is 5.90. The topological polar surface area (TPSA) is 73.9 Å². The normalized spacial score (nSPS) is 20.4. The van der Waals surface area contributed by atoms with Gasteiger partial charge in [0.05, 0.1) is 5.69 Å². The highest BCUT2D eigenvalue weighted by atomic mass is 35.5. The molecule has 0 radical (unpaired) electrons. The van der Waals surface area contributed by atoms with Crippen LogP contribution in [0.2, 0.25) is 0 Å². The summed E-state index contributed by atoms with van der Waals surface area (Å²) in [4.78, 5) is 12.7. The lowest BCUT2D eigenvalue weighted by molar-refractivity contribution is 0.135. The number of ether oxygens (including phenoxy) is 1. The molecule has 2 aromatic heterocycles. The molecule has 3 rings (SSSR count). The number of hydrogen-bond acceptors (Lipinski definition) is 5. The van der Waals surface area contributed by atoms with E-state index < -0.39 is 0 Å². The number of halogens is 2. The molecular weight excluding hydrogens is 323 g/mol. The van der Waals surface area contributed by atoms with Crippen molar-refractivity contribution in [2.45, 2.75) is 37.8 Å². The molecule has 2 N–H and O–H groups in total. The fourth-order valence-electron chi connectivity index (χ4n) is 2.43. The van der Waals surface area contributed by atoms with Crippen LogP contribution in [0.5, 0.6) is 6.01 Å². The van der Waals surface area contributed by atoms with E-state index in [1.165, 1.54) is 0 Å². The van der Waals surface area contributed by atoms with Crippen LogP contribution in [0.1, 0.15) is 25.7 Å². The molecule has 1 fully saturated rings. The standard InChI is InChI=1S/C15H18N4O.2ClH/c16-12-3-5-13(6-4-12)20-15-18-9-7-14(19-15)11-2-1-8-17-10-11;;/h1-2,7-10,12-13H,3-6,16H2;2*1H/t12-,13-;;. The molecule has 1 aliphatic rings. The second-order valence-electron chi connectivity index (χ2n) is 5.12. The van der Waals surface area contributed by atoms with Gasteiger partial charge in [-0.3, -0.25) is 4.98 Å². The zero-order valence-electron chi connectivity index (χ0n) is 12.1. The van der Waals surface area contributed by atoms with E-state index in [0.717, 1.165) is 36.9 Å². The van der Waals surface area contributed by atoms with Crippen molar-refractivity contribution in [2.24, 2.45) is 5.73 Å². The molecule has 0 atom stereocenters. The second-order valence-corrected chi connectivity index (χ2v) is 5.12. The van der Waals surface area contributed by atoms with Crippen molar-refractivity contribution in [3.63, 3.8) is 0 Å². The Morgan fingerprint density at radius 1 is 1.05 bits per heavy atom. The lowest BCUT2D eigenvalue weighted by Gasteiger charge is -2.25. The zero-order chi connectivity index (χ0) is 13.8. The fourth-order valence-corrected chi connectivity index (χ4v) is 2.43. The van der Waals surface area contributed by atoms with E-state index in [1.54, 1.807) is 18.6 Å². The minimum atomic E-state index is 0. The van der Waals surface area contributed by atoms with Crippen molar-refractivity contribution in [2.75, 3.05) is 0 Å². The first kappa shape index (κ1) is 18.6. The van der Waals surface area contributed by atoms with Crippen LogP contribution in [0.4, 0.5) is 0 Å². The van der Waals surface area contributed by atoms with Crippen LogP contribution in [0, 0.1) is 0 Å². The van der Waals surface area contributed by atoms with E-state index >= 15 is 0 Å². The predicted molar refractivity (Wildman–Crippen MR) is 90.6 cm³/mol. The lowest BCUT2D eigenvalue weighted by atomic mass is 9.94. The van der Waals surface area contributed by atoms with Gasteiger partial charge in [0.2, 0.25) is 0 Å². The van der Waals surface area contributed by atoms with Crippen LogP contribution < -0.4 is 10.5 Å². The first-order valence-electron chi connectivity index (χ1n) is 6.97. The van der Waals surface area contributed by atoms with Crippen LogP contribution in [0.25, 0.3) is 11.3 Å². The summed E-state index contributed by atoms with van der Waals surface area (Å²) in [5, 5.41) is 0. The van der Waals surface area contributed by atoms with Gasteiger partial charge in [-0.25, -0.2) is 4.98 Å². The Labute approximate surface area is 142 Å². The molecule has 0 aliphatic heterocycles. The van der Waals surface area contributed by atoms with E-state index in [-0.39, 0.29) is 30.9 Å². The first-order chi connectivity index (χ1) is 9.81. The van der Waals surface area contributed by atoms with Gasteiger partial charge in [0.25, 0.3) is 0 Å². The smallest absolute Gasteiger partial charge is 0.317 e. The van der Waals surface area contributed by atoms with E-state index in [4.69, 9.17) is 10.5 Å². The molecule has 7 heteroatoms. The summed E-state index contributed by atoms with van der Waals surface area (Å²) >= 11 is 0. The van der Waals surface area contributed by atoms with Gasteiger partial charge in [-0.05, 0) is 43.9 Å². The molecule has 0 aromatic carbocycles. The maximum atomic E-state index is 5.90. The van der Waals surface area contributed by atoms with Crippen molar-refractivity contribution >= 4 is 24.8 Å². The van der Waals surface area contributed by atoms with Gasteiger partial charge < -0.3 is 10.5 Å². The van der Waals surface area contributed by atoms with Crippen molar-refractivity contribution in [1.29, 1.82) is 0 Å². The van der Waals surface area contributed by atoms with Crippen LogP contribution in [0.3, 0.4) is 0 Å². The number of nitrogens with zero attached hydrogens (tertiary/aromatic N) is 3. The third-order valence-electron chi connectivity index (χ3n) is 3.58. The van der Waals surface area contributed by atoms with Crippen molar-refractivity contribution in [3.05, 3.63) is 36.8 Å². The number of aromatic nitrogens is 3. The molecule has 0 amide bonds. The molecule has 2 aromatic rings. The zero-order valence-corrected chi connectivity index (χ0v) is 13.7. The average molecular weight is 343 g/mol. The Morgan fingerprint density at radius 2 is 1.82 bits per heavy atom. The Balaban J connectivity index is 0.00000121. The van der Waals surface area contributed by atoms with Gasteiger partial charge in [0.1, 0.15) is 6.10 Å². The van der Waals surface area contributed by atoms with Crippen molar-refractivity contribution in [1.82, 2.24) is 15.0 Å². The van der Waals surface area contributed by atoms with Gasteiger partial charge in [0.15, 0.2) is 0 Å². The molecule has 1 saturated carbocycles. The highest BCUT2D eigenvalue weighted by Crippen LogP contribution is 2.22.